The van der Waals surface area contributed by atoms with Gasteiger partial charge in [0.25, 0.3) is 4.92 Å². The van der Waals surface area contributed by atoms with Crippen LogP contribution in [0.15, 0.2) is 25.3 Å². The zero-order chi connectivity index (χ0) is 12.1. The molecule has 0 radical (unpaired) electrons. The summed E-state index contributed by atoms with van der Waals surface area (Å²) in [6.07, 6.45) is 3.16. The predicted octanol–water partition coefficient (Wildman–Crippen LogP) is 2.92. The molecule has 0 aromatic heterocycles. The van der Waals surface area contributed by atoms with Gasteiger partial charge in [-0.05, 0) is 13.0 Å². The Labute approximate surface area is 94.6 Å². The van der Waals surface area contributed by atoms with Gasteiger partial charge in [0.15, 0.2) is 6.61 Å². The molecule has 0 aliphatic carbocycles. The lowest BCUT2D eigenvalue weighted by Gasteiger charge is -2.04. The van der Waals surface area contributed by atoms with Crippen molar-refractivity contribution in [1.29, 1.82) is 0 Å². The number of rotatable bonds is 5. The molecule has 0 spiro atoms. The fourth-order valence-electron chi connectivity index (χ4n) is 1.43. The third-order valence-electron chi connectivity index (χ3n) is 2.15. The van der Waals surface area contributed by atoms with Crippen molar-refractivity contribution in [3.05, 3.63) is 41.3 Å². The van der Waals surface area contributed by atoms with Crippen LogP contribution in [0.5, 0.6) is 0 Å². The maximum atomic E-state index is 11.6. The van der Waals surface area contributed by atoms with E-state index in [-0.39, 0.29) is 0 Å². The number of nitrogens with two attached hydrogens (primary N) is 1. The molecule has 0 bridgehead atoms. The summed E-state index contributed by atoms with van der Waals surface area (Å²) in [5.74, 6) is 0. The average molecular weight is 219 g/mol. The zero-order valence-corrected chi connectivity index (χ0v) is 9.27. The Bertz CT molecular complexity index is 439. The monoisotopic (exact) mass is 219 g/mol. The second-order valence-corrected chi connectivity index (χ2v) is 3.08. The molecule has 84 valence electrons. The van der Waals surface area contributed by atoms with E-state index in [4.69, 9.17) is 10.6 Å². The Hall–Kier alpha value is -2.10. The molecule has 0 atom stereocenters. The highest BCUT2D eigenvalue weighted by Gasteiger charge is 2.22. The highest BCUT2D eigenvalue weighted by Crippen LogP contribution is 2.29. The lowest BCUT2D eigenvalue weighted by molar-refractivity contribution is -0.744. The fraction of sp³-hybridized carbons (Fsp3) is 0.167. The molecular weight excluding hydrogens is 204 g/mol. The van der Waals surface area contributed by atoms with Gasteiger partial charge in [-0.3, -0.25) is 0 Å². The second-order valence-electron chi connectivity index (χ2n) is 3.08. The van der Waals surface area contributed by atoms with Crippen LogP contribution in [0.2, 0.25) is 0 Å². The van der Waals surface area contributed by atoms with Crippen LogP contribution in [0.4, 0.5) is 11.4 Å². The summed E-state index contributed by atoms with van der Waals surface area (Å²) in [6, 6.07) is 3.24. The number of hydrogen-bond donors (Lipinski definition) is 1. The van der Waals surface area contributed by atoms with Crippen molar-refractivity contribution in [3.63, 3.8) is 0 Å². The lowest BCUT2D eigenvalue weighted by Crippen LogP contribution is -2.05. The molecule has 4 nitrogen and oxygen atoms in total. The summed E-state index contributed by atoms with van der Waals surface area (Å²) in [5, 5.41) is 0. The van der Waals surface area contributed by atoms with Crippen molar-refractivity contribution >= 4 is 23.5 Å². The normalized spacial score (nSPS) is 9.56. The van der Waals surface area contributed by atoms with Gasteiger partial charge in [-0.2, -0.15) is 0 Å². The van der Waals surface area contributed by atoms with E-state index in [0.717, 1.165) is 0 Å². The molecule has 1 aromatic rings. The van der Waals surface area contributed by atoms with Crippen molar-refractivity contribution in [2.45, 2.75) is 6.92 Å². The van der Waals surface area contributed by atoms with E-state index in [1.807, 2.05) is 0 Å². The van der Waals surface area contributed by atoms with Crippen molar-refractivity contribution in [1.82, 2.24) is 0 Å². The SMILES string of the molecule is C=Cc1c(N)ccc([N+](=O)OCC)c1C=C. The standard InChI is InChI=1S/C12H15N2O2/c1-4-9-10(5-2)12(8-7-11(9)13)14(15)16-6-3/h4-5,7-8H,1-2,6,13H2,3H3/q+1. The minimum absolute atomic E-state index is 0.299. The molecule has 1 aromatic carbocycles. The number of nitrogens with zero attached hydrogens (tertiary/aromatic N) is 1. The van der Waals surface area contributed by atoms with E-state index in [1.54, 1.807) is 31.2 Å². The van der Waals surface area contributed by atoms with Gasteiger partial charge in [-0.15, -0.1) is 0 Å². The summed E-state index contributed by atoms with van der Waals surface area (Å²) in [6.45, 7) is 9.36. The topological polar surface area (TPSA) is 55.3 Å². The van der Waals surface area contributed by atoms with E-state index in [1.165, 1.54) is 0 Å². The van der Waals surface area contributed by atoms with Crippen molar-refractivity contribution in [3.8, 4) is 0 Å². The molecule has 1 rings (SSSR count). The van der Waals surface area contributed by atoms with E-state index in [2.05, 4.69) is 13.2 Å². The van der Waals surface area contributed by atoms with Crippen LogP contribution in [-0.4, -0.2) is 11.5 Å². The van der Waals surface area contributed by atoms with Gasteiger partial charge in [-0.25, -0.2) is 4.84 Å². The summed E-state index contributed by atoms with van der Waals surface area (Å²) >= 11 is 0. The number of hydrogen-bond acceptors (Lipinski definition) is 3. The first-order chi connectivity index (χ1) is 7.65. The minimum Gasteiger partial charge on any atom is -0.398 e. The highest BCUT2D eigenvalue weighted by molar-refractivity contribution is 5.78. The third-order valence-corrected chi connectivity index (χ3v) is 2.15. The maximum Gasteiger partial charge on any atom is 0.324 e. The molecule has 0 fully saturated rings. The molecule has 0 saturated carbocycles. The lowest BCUT2D eigenvalue weighted by atomic mass is 10.0. The van der Waals surface area contributed by atoms with Gasteiger partial charge in [-0.1, -0.05) is 25.3 Å². The third kappa shape index (κ3) is 2.11. The van der Waals surface area contributed by atoms with E-state index < -0.39 is 0 Å². The molecular formula is C12H15N2O2+. The molecule has 0 heterocycles. The number of benzene rings is 1. The summed E-state index contributed by atoms with van der Waals surface area (Å²) in [4.78, 5) is 16.9. The summed E-state index contributed by atoms with van der Waals surface area (Å²) in [7, 11) is 0. The van der Waals surface area contributed by atoms with Gasteiger partial charge in [0.05, 0.1) is 10.5 Å². The van der Waals surface area contributed by atoms with Gasteiger partial charge in [0, 0.05) is 17.3 Å². The maximum absolute atomic E-state index is 11.6. The highest BCUT2D eigenvalue weighted by atomic mass is 16.8. The van der Waals surface area contributed by atoms with Gasteiger partial charge in [0.2, 0.25) is 0 Å². The largest absolute Gasteiger partial charge is 0.398 e. The first-order valence-electron chi connectivity index (χ1n) is 4.93. The summed E-state index contributed by atoms with van der Waals surface area (Å²) in [5.41, 5.74) is 8.01. The van der Waals surface area contributed by atoms with Crippen molar-refractivity contribution in [2.24, 2.45) is 0 Å². The number of anilines is 1. The van der Waals surface area contributed by atoms with Crippen LogP contribution in [0, 0.1) is 4.91 Å². The van der Waals surface area contributed by atoms with E-state index >= 15 is 0 Å². The molecule has 0 amide bonds. The number of nitrogen functional groups attached to an aromatic ring is 1. The van der Waals surface area contributed by atoms with Crippen LogP contribution >= 0.6 is 0 Å². The van der Waals surface area contributed by atoms with Crippen molar-refractivity contribution < 1.29 is 9.76 Å². The first kappa shape index (κ1) is 12.0. The van der Waals surface area contributed by atoms with Crippen LogP contribution in [0.1, 0.15) is 18.1 Å². The predicted molar refractivity (Wildman–Crippen MR) is 65.9 cm³/mol. The van der Waals surface area contributed by atoms with Gasteiger partial charge < -0.3 is 5.73 Å². The van der Waals surface area contributed by atoms with E-state index in [9.17, 15) is 4.91 Å². The Balaban J connectivity index is 3.35. The Morgan fingerprint density at radius 2 is 2.00 bits per heavy atom. The molecule has 16 heavy (non-hydrogen) atoms. The zero-order valence-electron chi connectivity index (χ0n) is 9.27. The van der Waals surface area contributed by atoms with Crippen LogP contribution in [0.3, 0.4) is 0 Å². The molecule has 2 N–H and O–H groups in total. The quantitative estimate of drug-likeness (QED) is 0.612. The fourth-order valence-corrected chi connectivity index (χ4v) is 1.43. The molecule has 0 unspecified atom stereocenters. The van der Waals surface area contributed by atoms with Crippen LogP contribution in [-0.2, 0) is 4.84 Å². The first-order valence-corrected chi connectivity index (χ1v) is 4.93. The minimum atomic E-state index is 0.299. The Morgan fingerprint density at radius 3 is 2.50 bits per heavy atom. The van der Waals surface area contributed by atoms with Gasteiger partial charge >= 0.3 is 5.69 Å². The Morgan fingerprint density at radius 1 is 1.38 bits per heavy atom. The molecule has 0 aliphatic heterocycles. The van der Waals surface area contributed by atoms with E-state index in [0.29, 0.717) is 34.0 Å². The smallest absolute Gasteiger partial charge is 0.324 e. The van der Waals surface area contributed by atoms with Crippen molar-refractivity contribution in [2.75, 3.05) is 12.3 Å². The average Bonchev–Trinajstić information content (AvgIpc) is 2.28. The van der Waals surface area contributed by atoms with Crippen LogP contribution < -0.4 is 5.73 Å². The van der Waals surface area contributed by atoms with Gasteiger partial charge in [0.1, 0.15) is 0 Å². The molecule has 4 heteroatoms. The second kappa shape index (κ2) is 5.11. The van der Waals surface area contributed by atoms with Crippen LogP contribution in [0.25, 0.3) is 12.2 Å². The summed E-state index contributed by atoms with van der Waals surface area (Å²) < 4.78 is 0. The molecule has 0 aliphatic rings. The molecule has 0 saturated heterocycles. The Kier molecular flexibility index (Phi) is 3.83.